The van der Waals surface area contributed by atoms with Gasteiger partial charge < -0.3 is 10.1 Å². The van der Waals surface area contributed by atoms with Crippen molar-refractivity contribution >= 4 is 29.1 Å². The van der Waals surface area contributed by atoms with Gasteiger partial charge in [0.15, 0.2) is 6.10 Å². The first-order valence-electron chi connectivity index (χ1n) is 8.36. The molecule has 0 unspecified atom stereocenters. The zero-order valence-corrected chi connectivity index (χ0v) is 15.0. The molecule has 1 aromatic carbocycles. The Morgan fingerprint density at radius 3 is 2.65 bits per heavy atom. The second-order valence-corrected chi connectivity index (χ2v) is 7.81. The van der Waals surface area contributed by atoms with Crippen molar-refractivity contribution in [3.8, 4) is 5.75 Å². The molecule has 0 radical (unpaired) electrons. The van der Waals surface area contributed by atoms with Crippen molar-refractivity contribution in [3.05, 3.63) is 28.2 Å². The number of nitrogens with one attached hydrogen (secondary N) is 1. The molecule has 126 valence electrons. The quantitative estimate of drug-likeness (QED) is 0.830. The predicted molar refractivity (Wildman–Crippen MR) is 93.1 cm³/mol. The molecular formula is C18H23Cl2NO2. The first-order chi connectivity index (χ1) is 10.9. The lowest BCUT2D eigenvalue weighted by Gasteiger charge is -2.29. The summed E-state index contributed by atoms with van der Waals surface area (Å²) in [5, 5.41) is 4.09. The topological polar surface area (TPSA) is 38.3 Å². The van der Waals surface area contributed by atoms with Crippen molar-refractivity contribution in [1.29, 1.82) is 0 Å². The van der Waals surface area contributed by atoms with E-state index in [0.29, 0.717) is 21.7 Å². The minimum Gasteiger partial charge on any atom is -0.479 e. The Kier molecular flexibility index (Phi) is 5.07. The second-order valence-electron chi connectivity index (χ2n) is 6.97. The fourth-order valence-electron chi connectivity index (χ4n) is 4.17. The molecule has 2 saturated carbocycles. The molecule has 3 nitrogen and oxygen atoms in total. The molecular weight excluding hydrogens is 333 g/mol. The van der Waals surface area contributed by atoms with E-state index in [1.165, 1.54) is 25.7 Å². The Labute approximate surface area is 147 Å². The molecule has 0 aliphatic heterocycles. The Bertz CT molecular complexity index is 592. The first kappa shape index (κ1) is 16.9. The summed E-state index contributed by atoms with van der Waals surface area (Å²) in [6, 6.07) is 5.20. The van der Waals surface area contributed by atoms with E-state index in [0.717, 1.165) is 11.8 Å². The number of halogens is 2. The number of fused-ring (bicyclic) bond motifs is 2. The Balaban J connectivity index is 1.55. The van der Waals surface area contributed by atoms with Crippen molar-refractivity contribution in [2.24, 2.45) is 17.8 Å². The van der Waals surface area contributed by atoms with Gasteiger partial charge in [-0.25, -0.2) is 0 Å². The number of hydrogen-bond acceptors (Lipinski definition) is 2. The van der Waals surface area contributed by atoms with E-state index >= 15 is 0 Å². The van der Waals surface area contributed by atoms with Crippen LogP contribution in [0.2, 0.25) is 10.0 Å². The van der Waals surface area contributed by atoms with Crippen LogP contribution in [0.5, 0.6) is 5.75 Å². The van der Waals surface area contributed by atoms with Gasteiger partial charge in [-0.1, -0.05) is 29.6 Å². The number of benzene rings is 1. The van der Waals surface area contributed by atoms with E-state index in [1.54, 1.807) is 25.1 Å². The lowest BCUT2D eigenvalue weighted by Crippen LogP contribution is -2.45. The predicted octanol–water partition coefficient (Wildman–Crippen LogP) is 4.70. The maximum atomic E-state index is 12.4. The molecule has 5 atom stereocenters. The molecule has 0 saturated heterocycles. The Morgan fingerprint density at radius 1 is 1.26 bits per heavy atom. The summed E-state index contributed by atoms with van der Waals surface area (Å²) in [7, 11) is 0. The molecule has 0 aromatic heterocycles. The highest BCUT2D eigenvalue weighted by Gasteiger charge is 2.42. The van der Waals surface area contributed by atoms with Crippen LogP contribution in [0.15, 0.2) is 18.2 Å². The third-order valence-electron chi connectivity index (χ3n) is 5.37. The van der Waals surface area contributed by atoms with Gasteiger partial charge in [-0.05, 0) is 69.1 Å². The Morgan fingerprint density at radius 2 is 2.04 bits per heavy atom. The van der Waals surface area contributed by atoms with Crippen molar-refractivity contribution in [2.45, 2.75) is 51.7 Å². The zero-order chi connectivity index (χ0) is 16.6. The van der Waals surface area contributed by atoms with E-state index in [2.05, 4.69) is 12.2 Å². The molecule has 1 amide bonds. The van der Waals surface area contributed by atoms with Crippen LogP contribution in [0.25, 0.3) is 0 Å². The fraction of sp³-hybridized carbons (Fsp3) is 0.611. The highest BCUT2D eigenvalue weighted by Crippen LogP contribution is 2.49. The summed E-state index contributed by atoms with van der Waals surface area (Å²) in [5.41, 5.74) is 0. The van der Waals surface area contributed by atoms with Crippen LogP contribution < -0.4 is 10.1 Å². The molecule has 2 fully saturated rings. The van der Waals surface area contributed by atoms with Gasteiger partial charge >= 0.3 is 0 Å². The van der Waals surface area contributed by atoms with Gasteiger partial charge in [-0.3, -0.25) is 4.79 Å². The molecule has 23 heavy (non-hydrogen) atoms. The molecule has 3 rings (SSSR count). The van der Waals surface area contributed by atoms with Crippen molar-refractivity contribution < 1.29 is 9.53 Å². The SMILES string of the molecule is C[C@H](NC(=O)[C@@H](C)Oc1ccc(Cl)cc1Cl)[C@H]1C[C@@H]2CC[C@@H]1C2. The van der Waals surface area contributed by atoms with Crippen molar-refractivity contribution in [1.82, 2.24) is 5.32 Å². The number of rotatable bonds is 5. The van der Waals surface area contributed by atoms with E-state index < -0.39 is 6.10 Å². The van der Waals surface area contributed by atoms with Crippen molar-refractivity contribution in [2.75, 3.05) is 0 Å². The Hall–Kier alpha value is -0.930. The lowest BCUT2D eigenvalue weighted by molar-refractivity contribution is -0.128. The van der Waals surface area contributed by atoms with Crippen LogP contribution in [-0.2, 0) is 4.79 Å². The minimum absolute atomic E-state index is 0.0914. The van der Waals surface area contributed by atoms with Gasteiger partial charge in [0.25, 0.3) is 5.91 Å². The maximum absolute atomic E-state index is 12.4. The van der Waals surface area contributed by atoms with E-state index in [4.69, 9.17) is 27.9 Å². The number of hydrogen-bond donors (Lipinski definition) is 1. The summed E-state index contributed by atoms with van der Waals surface area (Å²) in [6.45, 7) is 3.86. The number of carbonyl (C=O) groups is 1. The van der Waals surface area contributed by atoms with Gasteiger partial charge in [0.1, 0.15) is 5.75 Å². The van der Waals surface area contributed by atoms with Crippen LogP contribution in [0.4, 0.5) is 0 Å². The third-order valence-corrected chi connectivity index (χ3v) is 5.90. The van der Waals surface area contributed by atoms with Crippen molar-refractivity contribution in [3.63, 3.8) is 0 Å². The third kappa shape index (κ3) is 3.77. The molecule has 2 bridgehead atoms. The maximum Gasteiger partial charge on any atom is 0.260 e. The van der Waals surface area contributed by atoms with Crippen LogP contribution in [0.3, 0.4) is 0 Å². The molecule has 0 spiro atoms. The first-order valence-corrected chi connectivity index (χ1v) is 9.11. The van der Waals surface area contributed by atoms with E-state index in [1.807, 2.05) is 0 Å². The summed E-state index contributed by atoms with van der Waals surface area (Å²) < 4.78 is 5.68. The smallest absolute Gasteiger partial charge is 0.260 e. The normalized spacial score (nSPS) is 28.4. The van der Waals surface area contributed by atoms with Gasteiger partial charge in [-0.15, -0.1) is 0 Å². The average molecular weight is 356 g/mol. The highest BCUT2D eigenvalue weighted by atomic mass is 35.5. The molecule has 0 heterocycles. The summed E-state index contributed by atoms with van der Waals surface area (Å²) in [6.07, 6.45) is 4.70. The molecule has 1 N–H and O–H groups in total. The number of amides is 1. The zero-order valence-electron chi connectivity index (χ0n) is 13.5. The minimum atomic E-state index is -0.588. The summed E-state index contributed by atoms with van der Waals surface area (Å²) in [5.74, 6) is 2.67. The highest BCUT2D eigenvalue weighted by molar-refractivity contribution is 6.35. The standard InChI is InChI=1S/C18H23Cl2NO2/c1-10(15-8-12-3-4-13(15)7-12)21-18(22)11(2)23-17-6-5-14(19)9-16(17)20/h5-6,9-13,15H,3-4,7-8H2,1-2H3,(H,21,22)/t10-,11+,12+,13+,15+/m0/s1. The second kappa shape index (κ2) is 6.90. The molecule has 5 heteroatoms. The van der Waals surface area contributed by atoms with Crippen LogP contribution in [-0.4, -0.2) is 18.1 Å². The fourth-order valence-corrected chi connectivity index (χ4v) is 4.62. The van der Waals surface area contributed by atoms with E-state index in [-0.39, 0.29) is 11.9 Å². The number of carbonyl (C=O) groups excluding carboxylic acids is 1. The molecule has 2 aliphatic carbocycles. The van der Waals surface area contributed by atoms with Gasteiger partial charge in [0.2, 0.25) is 0 Å². The van der Waals surface area contributed by atoms with Gasteiger partial charge in [0.05, 0.1) is 5.02 Å². The summed E-state index contributed by atoms with van der Waals surface area (Å²) >= 11 is 12.0. The largest absolute Gasteiger partial charge is 0.479 e. The number of ether oxygens (including phenoxy) is 1. The molecule has 1 aromatic rings. The summed E-state index contributed by atoms with van der Waals surface area (Å²) in [4.78, 5) is 12.4. The average Bonchev–Trinajstić information content (AvgIpc) is 3.12. The van der Waals surface area contributed by atoms with Gasteiger partial charge in [0, 0.05) is 11.1 Å². The lowest BCUT2D eigenvalue weighted by atomic mass is 9.84. The monoisotopic (exact) mass is 355 g/mol. The van der Waals surface area contributed by atoms with Crippen LogP contribution in [0.1, 0.15) is 39.5 Å². The molecule has 2 aliphatic rings. The van der Waals surface area contributed by atoms with E-state index in [9.17, 15) is 4.79 Å². The van der Waals surface area contributed by atoms with Crippen LogP contribution in [0, 0.1) is 17.8 Å². The van der Waals surface area contributed by atoms with Gasteiger partial charge in [-0.2, -0.15) is 0 Å². The van der Waals surface area contributed by atoms with Crippen LogP contribution >= 0.6 is 23.2 Å².